The standard InChI is InChI=1S/C17H21N5O2/c1-22-8-16(18-10-22)19-14-4-2-3-11(14)9-24-12-5-6-13-15(7-12)20-21-17(13)23/h5-8,10-11,14,19H,2-4,9H2,1H3,(H2,20,21,23). The fraction of sp³-hybridized carbons (Fsp3) is 0.412. The van der Waals surface area contributed by atoms with Crippen molar-refractivity contribution in [3.05, 3.63) is 41.1 Å². The lowest BCUT2D eigenvalue weighted by atomic mass is 10.1. The van der Waals surface area contributed by atoms with E-state index in [4.69, 9.17) is 4.74 Å². The number of H-pyrrole nitrogens is 2. The molecule has 0 spiro atoms. The van der Waals surface area contributed by atoms with E-state index in [0.29, 0.717) is 24.0 Å². The van der Waals surface area contributed by atoms with E-state index in [1.807, 2.05) is 29.9 Å². The summed E-state index contributed by atoms with van der Waals surface area (Å²) in [7, 11) is 1.97. The quantitative estimate of drug-likeness (QED) is 0.671. The summed E-state index contributed by atoms with van der Waals surface area (Å²) in [6, 6.07) is 5.89. The molecular formula is C17H21N5O2. The highest BCUT2D eigenvalue weighted by Gasteiger charge is 2.28. The van der Waals surface area contributed by atoms with Crippen LogP contribution in [-0.4, -0.2) is 32.4 Å². The second-order valence-electron chi connectivity index (χ2n) is 6.46. The fourth-order valence-corrected chi connectivity index (χ4v) is 3.41. The molecule has 3 aromatic rings. The first kappa shape index (κ1) is 14.9. The molecule has 2 atom stereocenters. The summed E-state index contributed by atoms with van der Waals surface area (Å²) in [5.74, 6) is 2.15. The van der Waals surface area contributed by atoms with Gasteiger partial charge in [0, 0.05) is 31.3 Å². The van der Waals surface area contributed by atoms with E-state index < -0.39 is 0 Å². The Labute approximate surface area is 139 Å². The minimum atomic E-state index is -0.105. The van der Waals surface area contributed by atoms with Crippen molar-refractivity contribution in [2.24, 2.45) is 13.0 Å². The number of imidazole rings is 1. The molecule has 0 amide bonds. The summed E-state index contributed by atoms with van der Waals surface area (Å²) in [6.45, 7) is 0.657. The van der Waals surface area contributed by atoms with Gasteiger partial charge in [0.15, 0.2) is 0 Å². The number of fused-ring (bicyclic) bond motifs is 1. The van der Waals surface area contributed by atoms with Crippen molar-refractivity contribution in [3.8, 4) is 5.75 Å². The molecule has 7 heteroatoms. The van der Waals surface area contributed by atoms with E-state index in [1.165, 1.54) is 6.42 Å². The molecule has 1 fully saturated rings. The molecule has 0 aliphatic heterocycles. The van der Waals surface area contributed by atoms with Crippen molar-refractivity contribution in [1.29, 1.82) is 0 Å². The molecule has 2 aromatic heterocycles. The summed E-state index contributed by atoms with van der Waals surface area (Å²) in [4.78, 5) is 15.9. The maximum atomic E-state index is 11.5. The van der Waals surface area contributed by atoms with Gasteiger partial charge in [-0.15, -0.1) is 0 Å². The number of nitrogens with zero attached hydrogens (tertiary/aromatic N) is 2. The first-order chi connectivity index (χ1) is 11.7. The lowest BCUT2D eigenvalue weighted by molar-refractivity contribution is 0.244. The van der Waals surface area contributed by atoms with Crippen LogP contribution in [0, 0.1) is 5.92 Å². The Morgan fingerprint density at radius 2 is 2.29 bits per heavy atom. The number of nitrogens with one attached hydrogen (secondary N) is 3. The highest BCUT2D eigenvalue weighted by Crippen LogP contribution is 2.29. The van der Waals surface area contributed by atoms with Gasteiger partial charge in [0.25, 0.3) is 5.56 Å². The van der Waals surface area contributed by atoms with E-state index in [1.54, 1.807) is 12.4 Å². The molecular weight excluding hydrogens is 306 g/mol. The van der Waals surface area contributed by atoms with E-state index >= 15 is 0 Å². The third kappa shape index (κ3) is 2.89. The van der Waals surface area contributed by atoms with Crippen molar-refractivity contribution in [2.45, 2.75) is 25.3 Å². The SMILES string of the molecule is Cn1cnc(NC2CCCC2COc2ccc3c(=O)[nH][nH]c3c2)c1. The number of anilines is 1. The highest BCUT2D eigenvalue weighted by atomic mass is 16.5. The van der Waals surface area contributed by atoms with Gasteiger partial charge < -0.3 is 14.6 Å². The smallest absolute Gasteiger partial charge is 0.271 e. The molecule has 126 valence electrons. The molecule has 0 radical (unpaired) electrons. The van der Waals surface area contributed by atoms with E-state index in [9.17, 15) is 4.79 Å². The average molecular weight is 327 g/mol. The molecule has 2 unspecified atom stereocenters. The van der Waals surface area contributed by atoms with Gasteiger partial charge in [-0.2, -0.15) is 0 Å². The van der Waals surface area contributed by atoms with E-state index in [-0.39, 0.29) is 5.56 Å². The number of aromatic nitrogens is 4. The van der Waals surface area contributed by atoms with Gasteiger partial charge in [-0.3, -0.25) is 15.0 Å². The summed E-state index contributed by atoms with van der Waals surface area (Å²) in [6.07, 6.45) is 7.27. The van der Waals surface area contributed by atoms with Crippen molar-refractivity contribution in [3.63, 3.8) is 0 Å². The molecule has 1 saturated carbocycles. The molecule has 7 nitrogen and oxygen atoms in total. The minimum Gasteiger partial charge on any atom is -0.493 e. The first-order valence-electron chi connectivity index (χ1n) is 8.27. The molecule has 1 aliphatic carbocycles. The van der Waals surface area contributed by atoms with Gasteiger partial charge in [0.2, 0.25) is 0 Å². The maximum Gasteiger partial charge on any atom is 0.271 e. The van der Waals surface area contributed by atoms with Gasteiger partial charge in [-0.1, -0.05) is 6.42 Å². The van der Waals surface area contributed by atoms with Crippen molar-refractivity contribution < 1.29 is 4.74 Å². The highest BCUT2D eigenvalue weighted by molar-refractivity contribution is 5.79. The van der Waals surface area contributed by atoms with Gasteiger partial charge in [-0.25, -0.2) is 4.98 Å². The minimum absolute atomic E-state index is 0.105. The second kappa shape index (κ2) is 6.07. The first-order valence-corrected chi connectivity index (χ1v) is 8.27. The number of hydrogen-bond acceptors (Lipinski definition) is 4. The Balaban J connectivity index is 1.40. The molecule has 24 heavy (non-hydrogen) atoms. The van der Waals surface area contributed by atoms with Crippen molar-refractivity contribution in [2.75, 3.05) is 11.9 Å². The van der Waals surface area contributed by atoms with Crippen molar-refractivity contribution in [1.82, 2.24) is 19.7 Å². The molecule has 0 saturated heterocycles. The molecule has 3 N–H and O–H groups in total. The summed E-state index contributed by atoms with van der Waals surface area (Å²) >= 11 is 0. The van der Waals surface area contributed by atoms with Crippen LogP contribution in [0.1, 0.15) is 19.3 Å². The Kier molecular flexibility index (Phi) is 3.76. The summed E-state index contributed by atoms with van der Waals surface area (Å²) in [5.41, 5.74) is 0.666. The van der Waals surface area contributed by atoms with Crippen LogP contribution in [0.15, 0.2) is 35.5 Å². The molecule has 2 heterocycles. The van der Waals surface area contributed by atoms with Crippen LogP contribution >= 0.6 is 0 Å². The average Bonchev–Trinajstić information content (AvgIpc) is 3.28. The Bertz CT molecular complexity index is 894. The third-order valence-electron chi connectivity index (χ3n) is 4.71. The Morgan fingerprint density at radius 1 is 1.38 bits per heavy atom. The fourth-order valence-electron chi connectivity index (χ4n) is 3.41. The van der Waals surface area contributed by atoms with Crippen LogP contribution in [0.2, 0.25) is 0 Å². The van der Waals surface area contributed by atoms with Crippen LogP contribution in [0.5, 0.6) is 5.75 Å². The number of rotatable bonds is 5. The largest absolute Gasteiger partial charge is 0.493 e. The zero-order valence-electron chi connectivity index (χ0n) is 13.6. The monoisotopic (exact) mass is 327 g/mol. The van der Waals surface area contributed by atoms with Crippen LogP contribution in [0.3, 0.4) is 0 Å². The van der Waals surface area contributed by atoms with E-state index in [2.05, 4.69) is 20.5 Å². The van der Waals surface area contributed by atoms with Crippen LogP contribution in [0.4, 0.5) is 5.82 Å². The number of ether oxygens (including phenoxy) is 1. The molecule has 1 aliphatic rings. The van der Waals surface area contributed by atoms with E-state index in [0.717, 1.165) is 29.9 Å². The number of hydrogen-bond donors (Lipinski definition) is 3. The summed E-state index contributed by atoms with van der Waals surface area (Å²) < 4.78 is 7.92. The zero-order chi connectivity index (χ0) is 16.5. The normalized spacial score (nSPS) is 20.5. The molecule has 0 bridgehead atoms. The van der Waals surface area contributed by atoms with Gasteiger partial charge in [0.1, 0.15) is 11.6 Å². The van der Waals surface area contributed by atoms with Gasteiger partial charge in [-0.05, 0) is 25.0 Å². The topological polar surface area (TPSA) is 87.7 Å². The second-order valence-corrected chi connectivity index (χ2v) is 6.46. The maximum absolute atomic E-state index is 11.5. The van der Waals surface area contributed by atoms with Gasteiger partial charge >= 0.3 is 0 Å². The van der Waals surface area contributed by atoms with Crippen LogP contribution in [-0.2, 0) is 7.05 Å². The number of aryl methyl sites for hydroxylation is 1. The predicted octanol–water partition coefficient (Wildman–Crippen LogP) is 2.25. The van der Waals surface area contributed by atoms with Crippen molar-refractivity contribution >= 4 is 16.7 Å². The molecule has 4 rings (SSSR count). The predicted molar refractivity (Wildman–Crippen MR) is 92.4 cm³/mol. The Hall–Kier alpha value is -2.70. The number of aromatic amines is 2. The Morgan fingerprint density at radius 3 is 3.12 bits per heavy atom. The van der Waals surface area contributed by atoms with Crippen LogP contribution < -0.4 is 15.6 Å². The van der Waals surface area contributed by atoms with Crippen LogP contribution in [0.25, 0.3) is 10.9 Å². The number of benzene rings is 1. The molecule has 1 aromatic carbocycles. The lowest BCUT2D eigenvalue weighted by Gasteiger charge is -2.21. The van der Waals surface area contributed by atoms with Gasteiger partial charge in [0.05, 0.1) is 23.8 Å². The third-order valence-corrected chi connectivity index (χ3v) is 4.71. The summed E-state index contributed by atoms with van der Waals surface area (Å²) in [5, 5.41) is 9.61. The lowest BCUT2D eigenvalue weighted by Crippen LogP contribution is -2.28. The zero-order valence-corrected chi connectivity index (χ0v) is 13.6.